The molecule has 1 aromatic heterocycles. The Labute approximate surface area is 337 Å². The molecule has 4 heteroatoms. The van der Waals surface area contributed by atoms with Crippen LogP contribution >= 0.6 is 0 Å². The predicted octanol–water partition coefficient (Wildman–Crippen LogP) is 13.2. The Balaban J connectivity index is 1.15. The number of fused-ring (bicyclic) bond motifs is 9. The summed E-state index contributed by atoms with van der Waals surface area (Å²) in [6.07, 6.45) is 0. The van der Waals surface area contributed by atoms with Gasteiger partial charge in [0.15, 0.2) is 5.82 Å². The summed E-state index contributed by atoms with van der Waals surface area (Å²) < 4.78 is 7.07. The molecule has 1 aliphatic carbocycles. The minimum Gasteiger partial charge on any atom is -0.456 e. The number of hydrogen-bond donors (Lipinski definition) is 0. The third-order valence-electron chi connectivity index (χ3n) is 11.6. The van der Waals surface area contributed by atoms with Gasteiger partial charge in [0.25, 0.3) is 0 Å². The molecule has 1 spiro atoms. The molecular formula is C54H33N3O. The maximum atomic E-state index is 9.57. The van der Waals surface area contributed by atoms with E-state index >= 15 is 0 Å². The van der Waals surface area contributed by atoms with Crippen molar-refractivity contribution in [2.24, 2.45) is 0 Å². The van der Waals surface area contributed by atoms with E-state index in [9.17, 15) is 5.26 Å². The van der Waals surface area contributed by atoms with Gasteiger partial charge in [-0.2, -0.15) is 5.26 Å². The van der Waals surface area contributed by atoms with Gasteiger partial charge < -0.3 is 4.74 Å². The first kappa shape index (κ1) is 33.5. The summed E-state index contributed by atoms with van der Waals surface area (Å²) >= 11 is 0. The van der Waals surface area contributed by atoms with E-state index in [1.165, 1.54) is 27.8 Å². The number of benzene rings is 8. The minimum absolute atomic E-state index is 0.590. The fraction of sp³-hybridized carbons (Fsp3) is 0.0185. The third-order valence-corrected chi connectivity index (χ3v) is 11.6. The van der Waals surface area contributed by atoms with Gasteiger partial charge in [-0.25, -0.2) is 9.97 Å². The van der Waals surface area contributed by atoms with Gasteiger partial charge >= 0.3 is 0 Å². The highest BCUT2D eigenvalue weighted by Crippen LogP contribution is 2.64. The summed E-state index contributed by atoms with van der Waals surface area (Å²) in [5.41, 5.74) is 15.8. The molecule has 1 aliphatic heterocycles. The molecule has 11 rings (SSSR count). The van der Waals surface area contributed by atoms with Crippen LogP contribution in [0.2, 0.25) is 0 Å². The van der Waals surface area contributed by atoms with Gasteiger partial charge in [-0.15, -0.1) is 0 Å². The third kappa shape index (κ3) is 5.15. The molecule has 1 unspecified atom stereocenters. The van der Waals surface area contributed by atoms with Crippen molar-refractivity contribution >= 4 is 0 Å². The van der Waals surface area contributed by atoms with Gasteiger partial charge in [0.2, 0.25) is 0 Å². The van der Waals surface area contributed by atoms with E-state index in [-0.39, 0.29) is 0 Å². The highest BCUT2D eigenvalue weighted by molar-refractivity contribution is 5.97. The summed E-state index contributed by atoms with van der Waals surface area (Å²) in [6, 6.07) is 71.8. The maximum Gasteiger partial charge on any atom is 0.164 e. The van der Waals surface area contributed by atoms with Gasteiger partial charge in [0, 0.05) is 22.3 Å². The standard InChI is InChI=1S/C54H33N3O/c55-34-35-25-27-38(28-26-35)41-18-11-22-46-51(41)42-17-7-8-20-44(42)54(46)45-21-9-10-24-50(45)58-52-43(19-12-23-47(52)54)53-56-48(39-15-5-2-6-16-39)33-49(57-53)40-31-29-37(30-32-40)36-13-3-1-4-14-36/h1-33H. The molecule has 0 saturated heterocycles. The fourth-order valence-electron chi connectivity index (χ4n) is 9.05. The number of para-hydroxylation sites is 2. The summed E-state index contributed by atoms with van der Waals surface area (Å²) in [4.78, 5) is 10.6. The molecule has 0 fully saturated rings. The van der Waals surface area contributed by atoms with Crippen molar-refractivity contribution in [2.75, 3.05) is 0 Å². The fourth-order valence-corrected chi connectivity index (χ4v) is 9.05. The van der Waals surface area contributed by atoms with Gasteiger partial charge in [-0.1, -0.05) is 170 Å². The zero-order chi connectivity index (χ0) is 38.6. The average Bonchev–Trinajstić information content (AvgIpc) is 3.60. The minimum atomic E-state index is -0.693. The Hall–Kier alpha value is -7.87. The van der Waals surface area contributed by atoms with E-state index in [1.54, 1.807) is 0 Å². The van der Waals surface area contributed by atoms with Gasteiger partial charge in [0.1, 0.15) is 11.5 Å². The monoisotopic (exact) mass is 739 g/mol. The van der Waals surface area contributed by atoms with E-state index in [1.807, 2.05) is 42.5 Å². The highest BCUT2D eigenvalue weighted by Gasteiger charge is 2.52. The zero-order valence-corrected chi connectivity index (χ0v) is 31.3. The molecule has 0 N–H and O–H groups in total. The second-order valence-corrected chi connectivity index (χ2v) is 14.8. The number of nitriles is 1. The smallest absolute Gasteiger partial charge is 0.164 e. The SMILES string of the molecule is N#Cc1ccc(-c2cccc3c2-c2ccccc2C32c3ccccc3Oc3c(-c4nc(-c5ccccc5)cc(-c5ccc(-c6ccccc6)cc5)n4)cccc32)cc1. The lowest BCUT2D eigenvalue weighted by molar-refractivity contribution is 0.437. The van der Waals surface area contributed by atoms with Crippen LogP contribution in [0.15, 0.2) is 200 Å². The zero-order valence-electron chi connectivity index (χ0n) is 31.3. The first-order valence-corrected chi connectivity index (χ1v) is 19.5. The second kappa shape index (κ2) is 13.4. The molecule has 0 bridgehead atoms. The van der Waals surface area contributed by atoms with Crippen molar-refractivity contribution in [1.29, 1.82) is 5.26 Å². The molecule has 2 heterocycles. The highest BCUT2D eigenvalue weighted by atomic mass is 16.5. The van der Waals surface area contributed by atoms with Crippen molar-refractivity contribution in [1.82, 2.24) is 9.97 Å². The van der Waals surface area contributed by atoms with Crippen molar-refractivity contribution < 1.29 is 4.74 Å². The molecule has 8 aromatic carbocycles. The lowest BCUT2D eigenvalue weighted by Crippen LogP contribution is -2.32. The van der Waals surface area contributed by atoms with Crippen LogP contribution in [-0.2, 0) is 5.41 Å². The van der Waals surface area contributed by atoms with Crippen LogP contribution in [0.3, 0.4) is 0 Å². The van der Waals surface area contributed by atoms with Crippen LogP contribution in [0, 0.1) is 11.3 Å². The molecule has 4 nitrogen and oxygen atoms in total. The lowest BCUT2D eigenvalue weighted by atomic mass is 9.65. The number of ether oxygens (including phenoxy) is 1. The normalized spacial score (nSPS) is 14.4. The predicted molar refractivity (Wildman–Crippen MR) is 231 cm³/mol. The first-order valence-electron chi connectivity index (χ1n) is 19.5. The van der Waals surface area contributed by atoms with Crippen LogP contribution in [0.4, 0.5) is 0 Å². The van der Waals surface area contributed by atoms with E-state index in [0.29, 0.717) is 11.4 Å². The Morgan fingerprint density at radius 2 is 0.931 bits per heavy atom. The molecule has 58 heavy (non-hydrogen) atoms. The summed E-state index contributed by atoms with van der Waals surface area (Å²) in [5.74, 6) is 2.13. The van der Waals surface area contributed by atoms with Crippen LogP contribution in [-0.4, -0.2) is 9.97 Å². The van der Waals surface area contributed by atoms with E-state index in [0.717, 1.165) is 67.4 Å². The van der Waals surface area contributed by atoms with Crippen LogP contribution < -0.4 is 4.74 Å². The second-order valence-electron chi connectivity index (χ2n) is 14.8. The maximum absolute atomic E-state index is 9.57. The van der Waals surface area contributed by atoms with Crippen molar-refractivity contribution in [3.05, 3.63) is 228 Å². The Morgan fingerprint density at radius 3 is 1.66 bits per heavy atom. The molecule has 0 radical (unpaired) electrons. The number of rotatable bonds is 5. The molecule has 1 atom stereocenters. The van der Waals surface area contributed by atoms with Gasteiger partial charge in [-0.05, 0) is 74.8 Å². The average molecular weight is 740 g/mol. The van der Waals surface area contributed by atoms with Crippen LogP contribution in [0.25, 0.3) is 67.3 Å². The first-order chi connectivity index (χ1) is 28.7. The number of hydrogen-bond acceptors (Lipinski definition) is 4. The lowest BCUT2D eigenvalue weighted by Gasteiger charge is -2.40. The Morgan fingerprint density at radius 1 is 0.414 bits per heavy atom. The Bertz CT molecular complexity index is 3080. The molecule has 2 aliphatic rings. The van der Waals surface area contributed by atoms with E-state index < -0.39 is 5.41 Å². The topological polar surface area (TPSA) is 58.8 Å². The molecule has 0 amide bonds. The molecule has 9 aromatic rings. The van der Waals surface area contributed by atoms with Crippen LogP contribution in [0.1, 0.15) is 27.8 Å². The number of nitrogens with zero attached hydrogens (tertiary/aromatic N) is 3. The summed E-state index contributed by atoms with van der Waals surface area (Å²) in [6.45, 7) is 0. The van der Waals surface area contributed by atoms with Gasteiger partial charge in [0.05, 0.1) is 34.0 Å². The van der Waals surface area contributed by atoms with E-state index in [2.05, 4.69) is 164 Å². The Kier molecular flexibility index (Phi) is 7.74. The molecule has 0 saturated carbocycles. The quantitative estimate of drug-likeness (QED) is 0.176. The van der Waals surface area contributed by atoms with Crippen molar-refractivity contribution in [3.63, 3.8) is 0 Å². The molecule has 270 valence electrons. The number of aromatic nitrogens is 2. The summed E-state index contributed by atoms with van der Waals surface area (Å²) in [5, 5.41) is 9.57. The van der Waals surface area contributed by atoms with Crippen molar-refractivity contribution in [2.45, 2.75) is 5.41 Å². The molecular weight excluding hydrogens is 707 g/mol. The van der Waals surface area contributed by atoms with Crippen molar-refractivity contribution in [3.8, 4) is 84.9 Å². The summed E-state index contributed by atoms with van der Waals surface area (Å²) in [7, 11) is 0. The largest absolute Gasteiger partial charge is 0.456 e. The van der Waals surface area contributed by atoms with E-state index in [4.69, 9.17) is 14.7 Å². The van der Waals surface area contributed by atoms with Gasteiger partial charge in [-0.3, -0.25) is 0 Å². The van der Waals surface area contributed by atoms with Crippen LogP contribution in [0.5, 0.6) is 11.5 Å².